The highest BCUT2D eigenvalue weighted by atomic mass is 79.9. The molecule has 20 heavy (non-hydrogen) atoms. The Morgan fingerprint density at radius 1 is 1.25 bits per heavy atom. The molecule has 0 aliphatic heterocycles. The molecule has 1 nitrogen and oxygen atoms in total. The van der Waals surface area contributed by atoms with E-state index in [4.69, 9.17) is 0 Å². The van der Waals surface area contributed by atoms with Gasteiger partial charge < -0.3 is 5.11 Å². The molecule has 1 atom stereocenters. The maximum absolute atomic E-state index is 12.4. The Balaban J connectivity index is 2.12. The summed E-state index contributed by atoms with van der Waals surface area (Å²) in [5.74, 6) is 0. The van der Waals surface area contributed by atoms with Gasteiger partial charge in [0.15, 0.2) is 0 Å². The van der Waals surface area contributed by atoms with Gasteiger partial charge >= 0.3 is 6.18 Å². The molecule has 0 amide bonds. The number of hydrogen-bond donors (Lipinski definition) is 1. The fraction of sp³-hybridized carbons (Fsp3) is 0.286. The van der Waals surface area contributed by atoms with E-state index in [0.29, 0.717) is 12.0 Å². The summed E-state index contributed by atoms with van der Waals surface area (Å²) < 4.78 is 38.3. The largest absolute Gasteiger partial charge is 0.416 e. The molecule has 1 heterocycles. The number of hydrogen-bond acceptors (Lipinski definition) is 2. The van der Waals surface area contributed by atoms with Gasteiger partial charge in [0.2, 0.25) is 0 Å². The minimum Gasteiger partial charge on any atom is -0.388 e. The molecule has 108 valence electrons. The summed E-state index contributed by atoms with van der Waals surface area (Å²) in [6.07, 6.45) is -4.75. The number of rotatable bonds is 3. The van der Waals surface area contributed by atoms with Crippen molar-refractivity contribution in [3.63, 3.8) is 0 Å². The Hall–Kier alpha value is -0.850. The third kappa shape index (κ3) is 3.62. The van der Waals surface area contributed by atoms with Gasteiger partial charge in [0.1, 0.15) is 0 Å². The fourth-order valence-electron chi connectivity index (χ4n) is 1.95. The molecule has 1 N–H and O–H groups in total. The van der Waals surface area contributed by atoms with E-state index in [1.54, 1.807) is 0 Å². The first-order valence-electron chi connectivity index (χ1n) is 5.87. The van der Waals surface area contributed by atoms with Gasteiger partial charge in [0.05, 0.1) is 15.5 Å². The Bertz CT molecular complexity index is 589. The lowest BCUT2D eigenvalue weighted by Gasteiger charge is -2.12. The van der Waals surface area contributed by atoms with Crippen molar-refractivity contribution in [2.75, 3.05) is 0 Å². The predicted molar refractivity (Wildman–Crippen MR) is 76.9 cm³/mol. The van der Waals surface area contributed by atoms with E-state index in [2.05, 4.69) is 15.9 Å². The van der Waals surface area contributed by atoms with Crippen molar-refractivity contribution in [3.05, 3.63) is 55.7 Å². The van der Waals surface area contributed by atoms with Crippen LogP contribution in [-0.4, -0.2) is 5.11 Å². The number of aliphatic hydroxyl groups excluding tert-OH is 1. The molecule has 6 heteroatoms. The quantitative estimate of drug-likeness (QED) is 0.801. The van der Waals surface area contributed by atoms with Gasteiger partial charge in [-0.1, -0.05) is 12.1 Å². The van der Waals surface area contributed by atoms with Crippen LogP contribution in [-0.2, 0) is 12.6 Å². The van der Waals surface area contributed by atoms with Crippen LogP contribution >= 0.6 is 27.3 Å². The van der Waals surface area contributed by atoms with Gasteiger partial charge in [-0.15, -0.1) is 11.3 Å². The monoisotopic (exact) mass is 364 g/mol. The van der Waals surface area contributed by atoms with Crippen LogP contribution in [0.2, 0.25) is 0 Å². The van der Waals surface area contributed by atoms with Crippen molar-refractivity contribution in [2.45, 2.75) is 25.6 Å². The highest BCUT2D eigenvalue weighted by molar-refractivity contribution is 9.11. The summed E-state index contributed by atoms with van der Waals surface area (Å²) in [5, 5.41) is 10.2. The molecular formula is C14H12BrF3OS. The van der Waals surface area contributed by atoms with E-state index in [1.165, 1.54) is 23.5 Å². The molecule has 0 aliphatic rings. The summed E-state index contributed by atoms with van der Waals surface area (Å²) in [6, 6.07) is 6.73. The number of thiophene rings is 1. The molecule has 0 saturated heterocycles. The van der Waals surface area contributed by atoms with Crippen LogP contribution in [0.3, 0.4) is 0 Å². The smallest absolute Gasteiger partial charge is 0.388 e. The van der Waals surface area contributed by atoms with Gasteiger partial charge in [-0.25, -0.2) is 0 Å². The van der Waals surface area contributed by atoms with Crippen LogP contribution in [0.25, 0.3) is 0 Å². The molecule has 1 unspecified atom stereocenters. The molecule has 0 fully saturated rings. The fourth-order valence-corrected chi connectivity index (χ4v) is 3.72. The third-order valence-electron chi connectivity index (χ3n) is 3.00. The zero-order valence-corrected chi connectivity index (χ0v) is 12.9. The second-order valence-corrected chi connectivity index (χ2v) is 7.11. The molecule has 2 aromatic rings. The maximum Gasteiger partial charge on any atom is 0.416 e. The maximum atomic E-state index is 12.4. The first-order valence-corrected chi connectivity index (χ1v) is 7.48. The molecule has 0 saturated carbocycles. The lowest BCUT2D eigenvalue weighted by atomic mass is 10.0. The summed E-state index contributed by atoms with van der Waals surface area (Å²) in [5.41, 5.74) is 0.805. The second-order valence-electron chi connectivity index (χ2n) is 4.48. The minimum atomic E-state index is -4.33. The van der Waals surface area contributed by atoms with E-state index >= 15 is 0 Å². The van der Waals surface area contributed by atoms with E-state index in [-0.39, 0.29) is 0 Å². The van der Waals surface area contributed by atoms with E-state index in [9.17, 15) is 18.3 Å². The van der Waals surface area contributed by atoms with Crippen molar-refractivity contribution in [2.24, 2.45) is 0 Å². The summed E-state index contributed by atoms with van der Waals surface area (Å²) in [4.78, 5) is 0.997. The topological polar surface area (TPSA) is 20.2 Å². The van der Waals surface area contributed by atoms with Crippen LogP contribution in [0.15, 0.2) is 34.1 Å². The van der Waals surface area contributed by atoms with Gasteiger partial charge in [0.25, 0.3) is 0 Å². The SMILES string of the molecule is Cc1sc(Br)cc1C(O)Cc1ccc(C(F)(F)F)cc1. The number of alkyl halides is 3. The number of benzene rings is 1. The average molecular weight is 365 g/mol. The first kappa shape index (κ1) is 15.5. The van der Waals surface area contributed by atoms with Crippen molar-refractivity contribution >= 4 is 27.3 Å². The van der Waals surface area contributed by atoms with Crippen LogP contribution in [0.5, 0.6) is 0 Å². The molecule has 0 spiro atoms. The molecule has 0 bridgehead atoms. The van der Waals surface area contributed by atoms with Gasteiger partial charge in [-0.2, -0.15) is 13.2 Å². The lowest BCUT2D eigenvalue weighted by molar-refractivity contribution is -0.137. The Kier molecular flexibility index (Phi) is 4.56. The minimum absolute atomic E-state index is 0.294. The number of aliphatic hydroxyl groups is 1. The normalized spacial score (nSPS) is 13.5. The molecular weight excluding hydrogens is 353 g/mol. The van der Waals surface area contributed by atoms with Gasteiger partial charge in [0, 0.05) is 11.3 Å². The molecule has 1 aromatic carbocycles. The Labute approximate surface area is 127 Å². The standard InChI is InChI=1S/C14H12BrF3OS/c1-8-11(7-13(15)20-8)12(19)6-9-2-4-10(5-3-9)14(16,17)18/h2-5,7,12,19H,6H2,1H3. The van der Waals surface area contributed by atoms with Gasteiger partial charge in [-0.3, -0.25) is 0 Å². The van der Waals surface area contributed by atoms with E-state index in [1.807, 2.05) is 13.0 Å². The lowest BCUT2D eigenvalue weighted by Crippen LogP contribution is -2.06. The van der Waals surface area contributed by atoms with Crippen molar-refractivity contribution < 1.29 is 18.3 Å². The van der Waals surface area contributed by atoms with Crippen molar-refractivity contribution in [1.82, 2.24) is 0 Å². The third-order valence-corrected chi connectivity index (χ3v) is 4.56. The zero-order valence-electron chi connectivity index (χ0n) is 10.5. The van der Waals surface area contributed by atoms with E-state index < -0.39 is 17.8 Å². The Morgan fingerprint density at radius 2 is 1.85 bits per heavy atom. The highest BCUT2D eigenvalue weighted by Crippen LogP contribution is 2.33. The van der Waals surface area contributed by atoms with Crippen molar-refractivity contribution in [3.8, 4) is 0 Å². The summed E-state index contributed by atoms with van der Waals surface area (Å²) >= 11 is 4.87. The Morgan fingerprint density at radius 3 is 2.30 bits per heavy atom. The van der Waals surface area contributed by atoms with Crippen LogP contribution in [0.4, 0.5) is 13.2 Å². The molecule has 2 rings (SSSR count). The van der Waals surface area contributed by atoms with Crippen LogP contribution < -0.4 is 0 Å². The van der Waals surface area contributed by atoms with Crippen LogP contribution in [0.1, 0.15) is 27.7 Å². The second kappa shape index (κ2) is 5.87. The molecule has 1 aromatic heterocycles. The zero-order chi connectivity index (χ0) is 14.9. The average Bonchev–Trinajstić information content (AvgIpc) is 2.68. The number of halogens is 4. The first-order chi connectivity index (χ1) is 9.27. The summed E-state index contributed by atoms with van der Waals surface area (Å²) in [6.45, 7) is 1.90. The summed E-state index contributed by atoms with van der Waals surface area (Å²) in [7, 11) is 0. The van der Waals surface area contributed by atoms with E-state index in [0.717, 1.165) is 26.4 Å². The van der Waals surface area contributed by atoms with Crippen molar-refractivity contribution in [1.29, 1.82) is 0 Å². The molecule has 0 aliphatic carbocycles. The van der Waals surface area contributed by atoms with Crippen LogP contribution in [0, 0.1) is 6.92 Å². The van der Waals surface area contributed by atoms with Gasteiger partial charge in [-0.05, 0) is 52.2 Å². The number of aryl methyl sites for hydroxylation is 1. The molecule has 0 radical (unpaired) electrons. The predicted octanol–water partition coefficient (Wildman–Crippen LogP) is 5.11. The highest BCUT2D eigenvalue weighted by Gasteiger charge is 2.30.